The van der Waals surface area contributed by atoms with E-state index in [4.69, 9.17) is 4.74 Å². The highest BCUT2D eigenvalue weighted by atomic mass is 32.2. The molecule has 1 saturated heterocycles. The second-order valence-corrected chi connectivity index (χ2v) is 8.59. The van der Waals surface area contributed by atoms with E-state index in [2.05, 4.69) is 33.0 Å². The van der Waals surface area contributed by atoms with Gasteiger partial charge in [-0.1, -0.05) is 39.8 Å². The van der Waals surface area contributed by atoms with Crippen molar-refractivity contribution in [3.05, 3.63) is 29.8 Å². The van der Waals surface area contributed by atoms with Crippen LogP contribution >= 0.6 is 11.8 Å². The number of thioether (sulfide) groups is 1. The molecule has 1 aliphatic rings. The lowest BCUT2D eigenvalue weighted by Gasteiger charge is -2.33. The van der Waals surface area contributed by atoms with Crippen LogP contribution in [0.2, 0.25) is 0 Å². The number of benzene rings is 1. The summed E-state index contributed by atoms with van der Waals surface area (Å²) < 4.78 is 5.22. The van der Waals surface area contributed by atoms with Crippen LogP contribution in [0.4, 0.5) is 0 Å². The third-order valence-electron chi connectivity index (χ3n) is 4.32. The SMILES string of the molecule is COc1ccc([C@@H]2SCC(=O)N2[C@@H](CC(C)C)C(=O)NCC(C)C)cc1. The topological polar surface area (TPSA) is 58.6 Å². The molecule has 1 aromatic rings. The largest absolute Gasteiger partial charge is 0.497 e. The predicted molar refractivity (Wildman–Crippen MR) is 106 cm³/mol. The van der Waals surface area contributed by atoms with Gasteiger partial charge in [0.05, 0.1) is 12.9 Å². The van der Waals surface area contributed by atoms with Crippen LogP contribution in [-0.2, 0) is 9.59 Å². The minimum Gasteiger partial charge on any atom is -0.497 e. The van der Waals surface area contributed by atoms with Crippen molar-refractivity contribution in [2.45, 2.75) is 45.5 Å². The average Bonchev–Trinajstić information content (AvgIpc) is 2.98. The van der Waals surface area contributed by atoms with E-state index in [1.165, 1.54) is 0 Å². The van der Waals surface area contributed by atoms with Crippen molar-refractivity contribution in [1.29, 1.82) is 0 Å². The summed E-state index contributed by atoms with van der Waals surface area (Å²) in [6.45, 7) is 8.91. The predicted octanol–water partition coefficient (Wildman–Crippen LogP) is 3.46. The molecule has 0 saturated carbocycles. The molecule has 2 amide bonds. The summed E-state index contributed by atoms with van der Waals surface area (Å²) in [6, 6.07) is 7.30. The lowest BCUT2D eigenvalue weighted by Crippen LogP contribution is -2.49. The maximum absolute atomic E-state index is 12.9. The van der Waals surface area contributed by atoms with Gasteiger partial charge in [0.2, 0.25) is 11.8 Å². The molecule has 2 atom stereocenters. The lowest BCUT2D eigenvalue weighted by atomic mass is 10.00. The Morgan fingerprint density at radius 3 is 2.42 bits per heavy atom. The molecule has 6 heteroatoms. The second-order valence-electron chi connectivity index (χ2n) is 7.52. The van der Waals surface area contributed by atoms with Crippen LogP contribution in [-0.4, -0.2) is 42.2 Å². The normalized spacial score (nSPS) is 18.5. The molecule has 0 unspecified atom stereocenters. The number of amides is 2. The molecular formula is C20H30N2O3S. The van der Waals surface area contributed by atoms with Crippen molar-refractivity contribution in [2.75, 3.05) is 19.4 Å². The molecule has 0 spiro atoms. The van der Waals surface area contributed by atoms with Crippen LogP contribution < -0.4 is 10.1 Å². The quantitative estimate of drug-likeness (QED) is 0.753. The Morgan fingerprint density at radius 1 is 1.23 bits per heavy atom. The Bertz CT molecular complexity index is 616. The maximum Gasteiger partial charge on any atom is 0.242 e. The van der Waals surface area contributed by atoms with Gasteiger partial charge in [-0.05, 0) is 36.0 Å². The van der Waals surface area contributed by atoms with Gasteiger partial charge in [0, 0.05) is 6.54 Å². The Morgan fingerprint density at radius 2 is 1.88 bits per heavy atom. The van der Waals surface area contributed by atoms with Crippen LogP contribution in [0.25, 0.3) is 0 Å². The fourth-order valence-electron chi connectivity index (χ4n) is 3.01. The molecule has 2 rings (SSSR count). The van der Waals surface area contributed by atoms with Crippen molar-refractivity contribution in [2.24, 2.45) is 11.8 Å². The number of nitrogens with one attached hydrogen (secondary N) is 1. The highest BCUT2D eigenvalue weighted by Gasteiger charge is 2.41. The molecule has 5 nitrogen and oxygen atoms in total. The number of carbonyl (C=O) groups is 2. The summed E-state index contributed by atoms with van der Waals surface area (Å²) >= 11 is 1.58. The van der Waals surface area contributed by atoms with Crippen molar-refractivity contribution in [3.63, 3.8) is 0 Å². The first kappa shape index (κ1) is 20.6. The Labute approximate surface area is 160 Å². The molecule has 26 heavy (non-hydrogen) atoms. The van der Waals surface area contributed by atoms with Gasteiger partial charge in [-0.3, -0.25) is 9.59 Å². The van der Waals surface area contributed by atoms with Crippen LogP contribution in [0.5, 0.6) is 5.75 Å². The van der Waals surface area contributed by atoms with Crippen molar-refractivity contribution >= 4 is 23.6 Å². The average molecular weight is 379 g/mol. The van der Waals surface area contributed by atoms with E-state index < -0.39 is 6.04 Å². The van der Waals surface area contributed by atoms with E-state index in [-0.39, 0.29) is 17.2 Å². The van der Waals surface area contributed by atoms with Gasteiger partial charge in [-0.2, -0.15) is 0 Å². The Hall–Kier alpha value is -1.69. The van der Waals surface area contributed by atoms with Crippen LogP contribution in [0.3, 0.4) is 0 Å². The number of rotatable bonds is 8. The first-order chi connectivity index (χ1) is 12.3. The number of hydrogen-bond donors (Lipinski definition) is 1. The molecule has 0 aromatic heterocycles. The fourth-order valence-corrected chi connectivity index (χ4v) is 4.24. The van der Waals surface area contributed by atoms with Gasteiger partial charge in [0.25, 0.3) is 0 Å². The first-order valence-electron chi connectivity index (χ1n) is 9.17. The van der Waals surface area contributed by atoms with Crippen molar-refractivity contribution < 1.29 is 14.3 Å². The van der Waals surface area contributed by atoms with Gasteiger partial charge in [-0.15, -0.1) is 11.8 Å². The smallest absolute Gasteiger partial charge is 0.242 e. The van der Waals surface area contributed by atoms with Gasteiger partial charge in [-0.25, -0.2) is 0 Å². The van der Waals surface area contributed by atoms with Gasteiger partial charge >= 0.3 is 0 Å². The minimum absolute atomic E-state index is 0.0289. The standard InChI is InChI=1S/C20H30N2O3S/c1-13(2)10-17(19(24)21-11-14(3)4)22-18(23)12-26-20(22)15-6-8-16(25-5)9-7-15/h6-9,13-14,17,20H,10-12H2,1-5H3,(H,21,24)/t17-,20-/m0/s1. The molecule has 1 heterocycles. The second kappa shape index (κ2) is 9.31. The van der Waals surface area contributed by atoms with E-state index >= 15 is 0 Å². The summed E-state index contributed by atoms with van der Waals surface area (Å²) in [5.74, 6) is 1.85. The molecule has 0 radical (unpaired) electrons. The molecule has 1 aliphatic heterocycles. The van der Waals surface area contributed by atoms with Crippen LogP contribution in [0.15, 0.2) is 24.3 Å². The zero-order valence-electron chi connectivity index (χ0n) is 16.3. The van der Waals surface area contributed by atoms with E-state index in [1.54, 1.807) is 23.8 Å². The lowest BCUT2D eigenvalue weighted by molar-refractivity contribution is -0.139. The van der Waals surface area contributed by atoms with E-state index in [0.717, 1.165) is 11.3 Å². The van der Waals surface area contributed by atoms with Gasteiger partial charge in [0.15, 0.2) is 0 Å². The van der Waals surface area contributed by atoms with Crippen molar-refractivity contribution in [3.8, 4) is 5.75 Å². The molecule has 0 bridgehead atoms. The minimum atomic E-state index is -0.441. The van der Waals surface area contributed by atoms with E-state index in [0.29, 0.717) is 30.6 Å². The zero-order valence-corrected chi connectivity index (χ0v) is 17.1. The summed E-state index contributed by atoms with van der Waals surface area (Å²) in [4.78, 5) is 27.3. The number of carbonyl (C=O) groups excluding carboxylic acids is 2. The number of hydrogen-bond acceptors (Lipinski definition) is 4. The summed E-state index contributed by atoms with van der Waals surface area (Å²) in [7, 11) is 1.63. The zero-order chi connectivity index (χ0) is 19.3. The summed E-state index contributed by atoms with van der Waals surface area (Å²) in [6.07, 6.45) is 0.656. The monoisotopic (exact) mass is 378 g/mol. The number of nitrogens with zero attached hydrogens (tertiary/aromatic N) is 1. The molecule has 0 aliphatic carbocycles. The fraction of sp³-hybridized carbons (Fsp3) is 0.600. The number of methoxy groups -OCH3 is 1. The highest BCUT2D eigenvalue weighted by Crippen LogP contribution is 2.41. The third-order valence-corrected chi connectivity index (χ3v) is 5.55. The Kier molecular flexibility index (Phi) is 7.38. The van der Waals surface area contributed by atoms with Crippen LogP contribution in [0, 0.1) is 11.8 Å². The molecule has 1 fully saturated rings. The molecule has 1 aromatic carbocycles. The number of ether oxygens (including phenoxy) is 1. The summed E-state index contributed by atoms with van der Waals surface area (Å²) in [5.41, 5.74) is 1.02. The van der Waals surface area contributed by atoms with E-state index in [1.807, 2.05) is 24.3 Å². The third kappa shape index (κ3) is 5.16. The van der Waals surface area contributed by atoms with Gasteiger partial charge < -0.3 is 15.0 Å². The first-order valence-corrected chi connectivity index (χ1v) is 10.2. The van der Waals surface area contributed by atoms with Gasteiger partial charge in [0.1, 0.15) is 17.2 Å². The molecular weight excluding hydrogens is 348 g/mol. The van der Waals surface area contributed by atoms with Crippen molar-refractivity contribution in [1.82, 2.24) is 10.2 Å². The molecule has 1 N–H and O–H groups in total. The molecule has 144 valence electrons. The highest BCUT2D eigenvalue weighted by molar-refractivity contribution is 8.00. The maximum atomic E-state index is 12.9. The Balaban J connectivity index is 2.26. The van der Waals surface area contributed by atoms with Crippen LogP contribution in [0.1, 0.15) is 45.1 Å². The van der Waals surface area contributed by atoms with E-state index in [9.17, 15) is 9.59 Å². The summed E-state index contributed by atoms with van der Waals surface area (Å²) in [5, 5.41) is 2.88.